The minimum Gasteiger partial charge on any atom is -0.345 e. The molecule has 0 bridgehead atoms. The standard InChI is InChI=1S/C19H18N6O/c1-12-3-6-24(16(26)2-5-20)11-15(12)25-7-4-13-9-22-19-17(18(13)25)14(8-21)10-23-19/h4,7,9-10,12,15H,2-3,6,11H2,1H3,(H,22,23)/t12-,15+/m0/s1. The summed E-state index contributed by atoms with van der Waals surface area (Å²) >= 11 is 0. The average Bonchev–Trinajstić information content (AvgIpc) is 3.25. The second-order valence-electron chi connectivity index (χ2n) is 6.83. The molecular formula is C19H18N6O. The largest absolute Gasteiger partial charge is 0.345 e. The molecule has 0 radical (unpaired) electrons. The van der Waals surface area contributed by atoms with Crippen molar-refractivity contribution in [3.8, 4) is 12.1 Å². The zero-order chi connectivity index (χ0) is 18.3. The molecule has 7 heteroatoms. The van der Waals surface area contributed by atoms with Crippen LogP contribution in [0.5, 0.6) is 0 Å². The van der Waals surface area contributed by atoms with Gasteiger partial charge in [-0.15, -0.1) is 0 Å². The van der Waals surface area contributed by atoms with Crippen LogP contribution in [0, 0.1) is 28.6 Å². The Morgan fingerprint density at radius 1 is 1.46 bits per heavy atom. The van der Waals surface area contributed by atoms with Gasteiger partial charge in [0.25, 0.3) is 0 Å². The van der Waals surface area contributed by atoms with E-state index >= 15 is 0 Å². The number of pyridine rings is 1. The van der Waals surface area contributed by atoms with E-state index in [1.165, 1.54) is 0 Å². The highest BCUT2D eigenvalue weighted by atomic mass is 16.2. The number of nitrogens with one attached hydrogen (secondary N) is 1. The lowest BCUT2D eigenvalue weighted by Crippen LogP contribution is -2.43. The highest BCUT2D eigenvalue weighted by Gasteiger charge is 2.31. The zero-order valence-electron chi connectivity index (χ0n) is 14.4. The van der Waals surface area contributed by atoms with Gasteiger partial charge in [-0.2, -0.15) is 10.5 Å². The Morgan fingerprint density at radius 2 is 2.31 bits per heavy atom. The van der Waals surface area contributed by atoms with Gasteiger partial charge in [-0.1, -0.05) is 6.92 Å². The van der Waals surface area contributed by atoms with Crippen LogP contribution in [0.3, 0.4) is 0 Å². The fourth-order valence-corrected chi connectivity index (χ4v) is 3.91. The molecule has 0 aliphatic carbocycles. The molecule has 1 saturated heterocycles. The van der Waals surface area contributed by atoms with Crippen molar-refractivity contribution < 1.29 is 4.79 Å². The van der Waals surface area contributed by atoms with Crippen LogP contribution < -0.4 is 0 Å². The summed E-state index contributed by atoms with van der Waals surface area (Å²) in [5, 5.41) is 20.1. The van der Waals surface area contributed by atoms with Crippen LogP contribution in [-0.2, 0) is 4.79 Å². The van der Waals surface area contributed by atoms with Gasteiger partial charge in [0.2, 0.25) is 5.91 Å². The Kier molecular flexibility index (Phi) is 3.85. The van der Waals surface area contributed by atoms with Crippen molar-refractivity contribution in [2.75, 3.05) is 13.1 Å². The second-order valence-corrected chi connectivity index (χ2v) is 6.83. The third kappa shape index (κ3) is 2.41. The first-order valence-corrected chi connectivity index (χ1v) is 8.65. The number of likely N-dealkylation sites (tertiary alicyclic amines) is 1. The molecule has 130 valence electrons. The van der Waals surface area contributed by atoms with E-state index in [0.717, 1.165) is 22.7 Å². The van der Waals surface area contributed by atoms with E-state index in [0.29, 0.717) is 30.2 Å². The quantitative estimate of drug-likeness (QED) is 0.770. The maximum atomic E-state index is 12.2. The first-order chi connectivity index (χ1) is 12.6. The van der Waals surface area contributed by atoms with E-state index in [2.05, 4.69) is 27.5 Å². The highest BCUT2D eigenvalue weighted by Crippen LogP contribution is 2.34. The van der Waals surface area contributed by atoms with E-state index in [1.54, 1.807) is 17.3 Å². The van der Waals surface area contributed by atoms with Crippen LogP contribution >= 0.6 is 0 Å². The number of fused-ring (bicyclic) bond motifs is 3. The van der Waals surface area contributed by atoms with Crippen LogP contribution in [-0.4, -0.2) is 38.4 Å². The summed E-state index contributed by atoms with van der Waals surface area (Å²) < 4.78 is 2.17. The maximum Gasteiger partial charge on any atom is 0.236 e. The molecule has 2 atom stereocenters. The Labute approximate surface area is 150 Å². The number of carbonyl (C=O) groups excluding carboxylic acids is 1. The van der Waals surface area contributed by atoms with E-state index in [-0.39, 0.29) is 18.4 Å². The van der Waals surface area contributed by atoms with Gasteiger partial charge in [0.15, 0.2) is 0 Å². The first-order valence-electron chi connectivity index (χ1n) is 8.65. The van der Waals surface area contributed by atoms with Crippen LogP contribution in [0.1, 0.15) is 31.4 Å². The van der Waals surface area contributed by atoms with Gasteiger partial charge in [0, 0.05) is 37.1 Å². The molecule has 4 rings (SSSR count). The SMILES string of the molecule is C[C@H]1CCN(C(=O)CC#N)C[C@H]1n1ccc2cnc3[nH]cc(C#N)c3c21. The summed E-state index contributed by atoms with van der Waals surface area (Å²) in [5.41, 5.74) is 2.23. The number of carbonyl (C=O) groups is 1. The summed E-state index contributed by atoms with van der Waals surface area (Å²) in [6, 6.07) is 6.27. The van der Waals surface area contributed by atoms with Crippen LogP contribution in [0.4, 0.5) is 0 Å². The molecule has 26 heavy (non-hydrogen) atoms. The minimum absolute atomic E-state index is 0.0852. The lowest BCUT2D eigenvalue weighted by Gasteiger charge is -2.38. The first kappa shape index (κ1) is 16.2. The fraction of sp³-hybridized carbons (Fsp3) is 0.368. The molecule has 1 aliphatic heterocycles. The monoisotopic (exact) mass is 346 g/mol. The van der Waals surface area contributed by atoms with Crippen LogP contribution in [0.25, 0.3) is 21.9 Å². The van der Waals surface area contributed by atoms with E-state index < -0.39 is 0 Å². The molecule has 0 unspecified atom stereocenters. The normalized spacial score (nSPS) is 20.2. The predicted molar refractivity (Wildman–Crippen MR) is 95.9 cm³/mol. The lowest BCUT2D eigenvalue weighted by atomic mass is 9.92. The van der Waals surface area contributed by atoms with Crippen molar-refractivity contribution in [1.82, 2.24) is 19.4 Å². The minimum atomic E-state index is -0.118. The second kappa shape index (κ2) is 6.20. The summed E-state index contributed by atoms with van der Waals surface area (Å²) in [4.78, 5) is 21.4. The van der Waals surface area contributed by atoms with Gasteiger partial charge >= 0.3 is 0 Å². The number of H-pyrrole nitrogens is 1. The number of nitriles is 2. The Morgan fingerprint density at radius 3 is 3.08 bits per heavy atom. The Hall–Kier alpha value is -3.32. The molecule has 0 aromatic carbocycles. The lowest BCUT2D eigenvalue weighted by molar-refractivity contribution is -0.132. The number of aromatic amines is 1. The molecule has 0 saturated carbocycles. The molecule has 4 heterocycles. The molecule has 3 aromatic heterocycles. The summed E-state index contributed by atoms with van der Waals surface area (Å²) in [6.45, 7) is 3.44. The van der Waals surface area contributed by atoms with Gasteiger partial charge < -0.3 is 14.5 Å². The van der Waals surface area contributed by atoms with Gasteiger partial charge in [0.1, 0.15) is 18.1 Å². The summed E-state index contributed by atoms with van der Waals surface area (Å²) in [5.74, 6) is 0.261. The van der Waals surface area contributed by atoms with Gasteiger partial charge in [0.05, 0.1) is 28.6 Å². The molecule has 1 N–H and O–H groups in total. The van der Waals surface area contributed by atoms with E-state index in [9.17, 15) is 10.1 Å². The predicted octanol–water partition coefficient (Wildman–Crippen LogP) is 2.71. The average molecular weight is 346 g/mol. The highest BCUT2D eigenvalue weighted by molar-refractivity contribution is 6.05. The maximum absolute atomic E-state index is 12.2. The number of rotatable bonds is 2. The topological polar surface area (TPSA) is 102 Å². The zero-order valence-corrected chi connectivity index (χ0v) is 14.4. The fourth-order valence-electron chi connectivity index (χ4n) is 3.91. The molecule has 7 nitrogen and oxygen atoms in total. The summed E-state index contributed by atoms with van der Waals surface area (Å²) in [7, 11) is 0. The molecule has 0 spiro atoms. The number of amides is 1. The molecule has 1 amide bonds. The number of piperidine rings is 1. The molecule has 1 aliphatic rings. The van der Waals surface area contributed by atoms with Gasteiger partial charge in [-0.3, -0.25) is 4.79 Å². The van der Waals surface area contributed by atoms with Crippen molar-refractivity contribution in [2.45, 2.75) is 25.8 Å². The number of hydrogen-bond acceptors (Lipinski definition) is 4. The van der Waals surface area contributed by atoms with Crippen molar-refractivity contribution in [1.29, 1.82) is 10.5 Å². The molecule has 1 fully saturated rings. The third-order valence-electron chi connectivity index (χ3n) is 5.35. The van der Waals surface area contributed by atoms with Crippen molar-refractivity contribution >= 4 is 27.8 Å². The number of hydrogen-bond donors (Lipinski definition) is 1. The van der Waals surface area contributed by atoms with Crippen LogP contribution in [0.2, 0.25) is 0 Å². The Bertz CT molecular complexity index is 1080. The van der Waals surface area contributed by atoms with Crippen molar-refractivity contribution in [3.05, 3.63) is 30.2 Å². The van der Waals surface area contributed by atoms with Crippen molar-refractivity contribution in [2.24, 2.45) is 5.92 Å². The van der Waals surface area contributed by atoms with E-state index in [1.807, 2.05) is 18.3 Å². The molecule has 3 aromatic rings. The smallest absolute Gasteiger partial charge is 0.236 e. The van der Waals surface area contributed by atoms with Gasteiger partial charge in [-0.25, -0.2) is 4.98 Å². The Balaban J connectivity index is 1.83. The van der Waals surface area contributed by atoms with Crippen molar-refractivity contribution in [3.63, 3.8) is 0 Å². The van der Waals surface area contributed by atoms with E-state index in [4.69, 9.17) is 5.26 Å². The van der Waals surface area contributed by atoms with Gasteiger partial charge in [-0.05, 0) is 18.4 Å². The number of aromatic nitrogens is 3. The molecular weight excluding hydrogens is 328 g/mol. The number of nitrogens with zero attached hydrogens (tertiary/aromatic N) is 5. The summed E-state index contributed by atoms with van der Waals surface area (Å²) in [6.07, 6.45) is 6.30. The third-order valence-corrected chi connectivity index (χ3v) is 5.35. The van der Waals surface area contributed by atoms with Crippen LogP contribution in [0.15, 0.2) is 24.7 Å².